The quantitative estimate of drug-likeness (QED) is 0.623. The van der Waals surface area contributed by atoms with Crippen molar-refractivity contribution < 1.29 is 4.79 Å². The molecule has 0 aromatic heterocycles. The van der Waals surface area contributed by atoms with Gasteiger partial charge in [0.2, 0.25) is 5.91 Å². The minimum absolute atomic E-state index is 0.0490. The highest BCUT2D eigenvalue weighted by Crippen LogP contribution is 2.18. The normalized spacial score (nSPS) is 10.2. The predicted octanol–water partition coefficient (Wildman–Crippen LogP) is 2.55. The van der Waals surface area contributed by atoms with Gasteiger partial charge in [0.25, 0.3) is 0 Å². The van der Waals surface area contributed by atoms with Crippen LogP contribution in [0.5, 0.6) is 0 Å². The number of amides is 1. The van der Waals surface area contributed by atoms with E-state index in [1.807, 2.05) is 42.5 Å². The van der Waals surface area contributed by atoms with Crippen LogP contribution in [-0.4, -0.2) is 19.0 Å². The van der Waals surface area contributed by atoms with E-state index in [0.717, 1.165) is 11.1 Å². The molecule has 2 rings (SSSR count). The molecule has 0 radical (unpaired) electrons. The van der Waals surface area contributed by atoms with E-state index in [4.69, 9.17) is 0 Å². The van der Waals surface area contributed by atoms with Gasteiger partial charge in [-0.3, -0.25) is 4.79 Å². The number of carbonyl (C=O) groups is 1. The Hall–Kier alpha value is -2.13. The lowest BCUT2D eigenvalue weighted by atomic mass is 10.1. The first-order chi connectivity index (χ1) is 8.79. The molecule has 18 heavy (non-hydrogen) atoms. The molecule has 0 unspecified atom stereocenters. The van der Waals surface area contributed by atoms with Crippen molar-refractivity contribution in [1.82, 2.24) is 5.32 Å². The van der Waals surface area contributed by atoms with Gasteiger partial charge in [0.1, 0.15) is 0 Å². The lowest BCUT2D eigenvalue weighted by Gasteiger charge is -2.06. The van der Waals surface area contributed by atoms with Gasteiger partial charge >= 0.3 is 0 Å². The van der Waals surface area contributed by atoms with E-state index >= 15 is 0 Å². The first-order valence-corrected chi connectivity index (χ1v) is 5.90. The molecule has 3 nitrogen and oxygen atoms in total. The van der Waals surface area contributed by atoms with Crippen molar-refractivity contribution in [2.45, 2.75) is 0 Å². The molecule has 0 saturated carbocycles. The molecule has 3 heteroatoms. The summed E-state index contributed by atoms with van der Waals surface area (Å²) in [5.41, 5.74) is 0.819. The summed E-state index contributed by atoms with van der Waals surface area (Å²) < 4.78 is 0. The van der Waals surface area contributed by atoms with E-state index in [2.05, 4.69) is 17.2 Å². The van der Waals surface area contributed by atoms with Crippen LogP contribution in [0.1, 0.15) is 0 Å². The van der Waals surface area contributed by atoms with Gasteiger partial charge in [0, 0.05) is 12.2 Å². The third-order valence-electron chi connectivity index (χ3n) is 2.61. The van der Waals surface area contributed by atoms with Crippen molar-refractivity contribution >= 4 is 22.4 Å². The van der Waals surface area contributed by atoms with Gasteiger partial charge in [-0.2, -0.15) is 0 Å². The van der Waals surface area contributed by atoms with Crippen molar-refractivity contribution in [2.75, 3.05) is 18.4 Å². The zero-order chi connectivity index (χ0) is 12.8. The monoisotopic (exact) mass is 240 g/mol. The molecule has 0 aliphatic carbocycles. The molecule has 2 aromatic rings. The van der Waals surface area contributed by atoms with Gasteiger partial charge in [-0.05, 0) is 22.9 Å². The topological polar surface area (TPSA) is 41.1 Å². The minimum Gasteiger partial charge on any atom is -0.325 e. The van der Waals surface area contributed by atoms with Gasteiger partial charge in [0.05, 0.1) is 6.54 Å². The largest absolute Gasteiger partial charge is 0.325 e. The SMILES string of the molecule is C=CCNCC(=O)Nc1ccc2ccccc2c1. The zero-order valence-electron chi connectivity index (χ0n) is 10.1. The number of nitrogens with one attached hydrogen (secondary N) is 2. The maximum Gasteiger partial charge on any atom is 0.238 e. The number of hydrogen-bond acceptors (Lipinski definition) is 2. The van der Waals surface area contributed by atoms with Crippen LogP contribution in [0.15, 0.2) is 55.1 Å². The fraction of sp³-hybridized carbons (Fsp3) is 0.133. The zero-order valence-corrected chi connectivity index (χ0v) is 10.1. The molecule has 92 valence electrons. The number of fused-ring (bicyclic) bond motifs is 1. The van der Waals surface area contributed by atoms with Crippen LogP contribution in [0.3, 0.4) is 0 Å². The van der Waals surface area contributed by atoms with Crippen LogP contribution < -0.4 is 10.6 Å². The van der Waals surface area contributed by atoms with Gasteiger partial charge < -0.3 is 10.6 Å². The molecule has 0 saturated heterocycles. The Morgan fingerprint density at radius 3 is 2.72 bits per heavy atom. The Morgan fingerprint density at radius 2 is 1.94 bits per heavy atom. The Balaban J connectivity index is 2.03. The van der Waals surface area contributed by atoms with Crippen molar-refractivity contribution in [3.63, 3.8) is 0 Å². The molecular formula is C15H16N2O. The first kappa shape index (κ1) is 12.3. The molecule has 0 fully saturated rings. The fourth-order valence-corrected chi connectivity index (χ4v) is 1.76. The second-order valence-corrected chi connectivity index (χ2v) is 4.03. The van der Waals surface area contributed by atoms with E-state index in [1.54, 1.807) is 6.08 Å². The molecule has 0 bridgehead atoms. The first-order valence-electron chi connectivity index (χ1n) is 5.90. The summed E-state index contributed by atoms with van der Waals surface area (Å²) >= 11 is 0. The molecule has 0 aliphatic heterocycles. The minimum atomic E-state index is -0.0490. The van der Waals surface area contributed by atoms with Crippen LogP contribution in [0.4, 0.5) is 5.69 Å². The summed E-state index contributed by atoms with van der Waals surface area (Å²) in [5, 5.41) is 8.11. The standard InChI is InChI=1S/C15H16N2O/c1-2-9-16-11-15(18)17-14-8-7-12-5-3-4-6-13(12)10-14/h2-8,10,16H,1,9,11H2,(H,17,18). The lowest BCUT2D eigenvalue weighted by molar-refractivity contribution is -0.115. The van der Waals surface area contributed by atoms with Crippen molar-refractivity contribution in [3.05, 3.63) is 55.1 Å². The molecule has 0 atom stereocenters. The summed E-state index contributed by atoms with van der Waals surface area (Å²) in [6.45, 7) is 4.50. The molecule has 0 heterocycles. The van der Waals surface area contributed by atoms with E-state index in [9.17, 15) is 4.79 Å². The van der Waals surface area contributed by atoms with Crippen LogP contribution >= 0.6 is 0 Å². The van der Waals surface area contributed by atoms with Crippen LogP contribution in [-0.2, 0) is 4.79 Å². The third-order valence-corrected chi connectivity index (χ3v) is 2.61. The number of rotatable bonds is 5. The Bertz CT molecular complexity index is 563. The summed E-state index contributed by atoms with van der Waals surface area (Å²) in [5.74, 6) is -0.0490. The third kappa shape index (κ3) is 3.18. The van der Waals surface area contributed by atoms with Crippen LogP contribution in [0, 0.1) is 0 Å². The summed E-state index contributed by atoms with van der Waals surface area (Å²) in [4.78, 5) is 11.6. The predicted molar refractivity (Wildman–Crippen MR) is 75.6 cm³/mol. The van der Waals surface area contributed by atoms with E-state index in [1.165, 1.54) is 5.39 Å². The van der Waals surface area contributed by atoms with E-state index < -0.39 is 0 Å². The smallest absolute Gasteiger partial charge is 0.238 e. The highest BCUT2D eigenvalue weighted by atomic mass is 16.1. The van der Waals surface area contributed by atoms with Gasteiger partial charge in [-0.1, -0.05) is 36.4 Å². The van der Waals surface area contributed by atoms with Crippen LogP contribution in [0.25, 0.3) is 10.8 Å². The second kappa shape index (κ2) is 5.98. The Morgan fingerprint density at radius 1 is 1.17 bits per heavy atom. The molecular weight excluding hydrogens is 224 g/mol. The molecule has 0 aliphatic rings. The van der Waals surface area contributed by atoms with Crippen molar-refractivity contribution in [2.24, 2.45) is 0 Å². The summed E-state index contributed by atoms with van der Waals surface area (Å²) in [7, 11) is 0. The fourth-order valence-electron chi connectivity index (χ4n) is 1.76. The maximum atomic E-state index is 11.6. The molecule has 0 spiro atoms. The summed E-state index contributed by atoms with van der Waals surface area (Å²) in [6, 6.07) is 13.9. The van der Waals surface area contributed by atoms with Gasteiger partial charge in [-0.15, -0.1) is 6.58 Å². The van der Waals surface area contributed by atoms with Gasteiger partial charge in [0.15, 0.2) is 0 Å². The number of benzene rings is 2. The Kier molecular flexibility index (Phi) is 4.10. The van der Waals surface area contributed by atoms with Crippen molar-refractivity contribution in [3.8, 4) is 0 Å². The average Bonchev–Trinajstić information content (AvgIpc) is 2.39. The second-order valence-electron chi connectivity index (χ2n) is 4.03. The highest BCUT2D eigenvalue weighted by molar-refractivity contribution is 5.95. The van der Waals surface area contributed by atoms with Crippen molar-refractivity contribution in [1.29, 1.82) is 0 Å². The van der Waals surface area contributed by atoms with Gasteiger partial charge in [-0.25, -0.2) is 0 Å². The van der Waals surface area contributed by atoms with E-state index in [0.29, 0.717) is 13.1 Å². The van der Waals surface area contributed by atoms with Crippen LogP contribution in [0.2, 0.25) is 0 Å². The maximum absolute atomic E-state index is 11.6. The average molecular weight is 240 g/mol. The molecule has 1 amide bonds. The molecule has 2 aromatic carbocycles. The number of hydrogen-bond donors (Lipinski definition) is 2. The number of carbonyl (C=O) groups excluding carboxylic acids is 1. The molecule has 2 N–H and O–H groups in total. The van der Waals surface area contributed by atoms with E-state index in [-0.39, 0.29) is 5.91 Å². The highest BCUT2D eigenvalue weighted by Gasteiger charge is 2.01. The number of anilines is 1. The Labute approximate surface area is 107 Å². The lowest BCUT2D eigenvalue weighted by Crippen LogP contribution is -2.28. The summed E-state index contributed by atoms with van der Waals surface area (Å²) in [6.07, 6.45) is 1.73.